The minimum Gasteiger partial charge on any atom is -0.478 e. The van der Waals surface area contributed by atoms with Gasteiger partial charge in [-0.05, 0) is 69.3 Å². The Balaban J connectivity index is 1.41. The van der Waals surface area contributed by atoms with Crippen LogP contribution in [0, 0.1) is 0 Å². The summed E-state index contributed by atoms with van der Waals surface area (Å²) in [7, 11) is 0. The number of piperidine rings is 1. The molecule has 0 saturated carbocycles. The monoisotopic (exact) mass is 390 g/mol. The number of rotatable bonds is 4. The molecule has 6 heteroatoms. The van der Waals surface area contributed by atoms with E-state index in [1.807, 2.05) is 11.3 Å². The van der Waals surface area contributed by atoms with Crippen LogP contribution in [-0.2, 0) is 19.4 Å². The number of aromatic nitrogens is 1. The molecule has 2 aromatic rings. The Morgan fingerprint density at radius 3 is 2.77 bits per heavy atom. The normalized spacial score (nSPS) is 18.7. The van der Waals surface area contributed by atoms with Gasteiger partial charge in [0.2, 0.25) is 0 Å². The van der Waals surface area contributed by atoms with Gasteiger partial charge in [-0.3, -0.25) is 4.90 Å². The summed E-state index contributed by atoms with van der Waals surface area (Å²) >= 11 is 8.20. The molecule has 0 unspecified atom stereocenters. The summed E-state index contributed by atoms with van der Waals surface area (Å²) in [4.78, 5) is 20.2. The predicted octanol–water partition coefficient (Wildman–Crippen LogP) is 4.75. The number of aryl methyl sites for hydroxylation is 2. The molecule has 0 atom stereocenters. The lowest BCUT2D eigenvalue weighted by Crippen LogP contribution is -2.33. The third-order valence-electron chi connectivity index (χ3n) is 5.53. The summed E-state index contributed by atoms with van der Waals surface area (Å²) in [6.07, 6.45) is 7.10. The van der Waals surface area contributed by atoms with Gasteiger partial charge < -0.3 is 5.11 Å². The maximum Gasteiger partial charge on any atom is 0.336 e. The van der Waals surface area contributed by atoms with Crippen molar-refractivity contribution in [1.82, 2.24) is 9.88 Å². The first-order chi connectivity index (χ1) is 12.6. The lowest BCUT2D eigenvalue weighted by atomic mass is 9.96. The largest absolute Gasteiger partial charge is 0.478 e. The highest BCUT2D eigenvalue weighted by Gasteiger charge is 2.26. The van der Waals surface area contributed by atoms with Crippen LogP contribution >= 0.6 is 22.9 Å². The molecule has 2 aliphatic rings. The number of likely N-dealkylation sites (tertiary alicyclic amines) is 1. The van der Waals surface area contributed by atoms with Crippen molar-refractivity contribution in [2.45, 2.75) is 51.0 Å². The Morgan fingerprint density at radius 2 is 2.04 bits per heavy atom. The highest BCUT2D eigenvalue weighted by molar-refractivity contribution is 7.11. The second-order valence-electron chi connectivity index (χ2n) is 7.25. The van der Waals surface area contributed by atoms with Gasteiger partial charge in [0.25, 0.3) is 0 Å². The minimum atomic E-state index is -0.911. The molecule has 0 bridgehead atoms. The molecule has 4 rings (SSSR count). The zero-order valence-electron chi connectivity index (χ0n) is 14.7. The Kier molecular flexibility index (Phi) is 5.30. The molecule has 1 saturated heterocycles. The highest BCUT2D eigenvalue weighted by Crippen LogP contribution is 2.36. The van der Waals surface area contributed by atoms with Crippen molar-refractivity contribution >= 4 is 28.9 Å². The molecule has 1 aliphatic heterocycles. The van der Waals surface area contributed by atoms with Crippen LogP contribution in [0.15, 0.2) is 18.2 Å². The van der Waals surface area contributed by atoms with Crippen molar-refractivity contribution in [1.29, 1.82) is 0 Å². The second kappa shape index (κ2) is 7.67. The minimum absolute atomic E-state index is 0.312. The van der Waals surface area contributed by atoms with Gasteiger partial charge in [-0.1, -0.05) is 17.7 Å². The molecule has 1 aromatic heterocycles. The molecule has 4 nitrogen and oxygen atoms in total. The second-order valence-corrected chi connectivity index (χ2v) is 8.77. The van der Waals surface area contributed by atoms with Gasteiger partial charge in [-0.2, -0.15) is 0 Å². The molecule has 1 fully saturated rings. The van der Waals surface area contributed by atoms with Crippen molar-refractivity contribution < 1.29 is 9.90 Å². The van der Waals surface area contributed by atoms with E-state index in [0.29, 0.717) is 23.0 Å². The molecule has 0 radical (unpaired) electrons. The fourth-order valence-electron chi connectivity index (χ4n) is 4.03. The molecule has 1 N–H and O–H groups in total. The lowest BCUT2D eigenvalue weighted by Gasteiger charge is -2.31. The molecule has 1 aromatic carbocycles. The van der Waals surface area contributed by atoms with Gasteiger partial charge in [0, 0.05) is 22.4 Å². The number of benzene rings is 1. The fraction of sp³-hybridized carbons (Fsp3) is 0.500. The summed E-state index contributed by atoms with van der Waals surface area (Å²) in [5.74, 6) is -0.363. The van der Waals surface area contributed by atoms with Crippen molar-refractivity contribution in [2.24, 2.45) is 0 Å². The lowest BCUT2D eigenvalue weighted by molar-refractivity contribution is 0.0694. The van der Waals surface area contributed by atoms with Crippen molar-refractivity contribution in [3.05, 3.63) is 49.9 Å². The van der Waals surface area contributed by atoms with E-state index < -0.39 is 5.97 Å². The van der Waals surface area contributed by atoms with Gasteiger partial charge in [0.15, 0.2) is 0 Å². The van der Waals surface area contributed by atoms with Crippen LogP contribution in [0.3, 0.4) is 0 Å². The van der Waals surface area contributed by atoms with Crippen molar-refractivity contribution in [3.8, 4) is 0 Å². The van der Waals surface area contributed by atoms with Gasteiger partial charge >= 0.3 is 5.97 Å². The topological polar surface area (TPSA) is 53.4 Å². The first kappa shape index (κ1) is 18.0. The summed E-state index contributed by atoms with van der Waals surface area (Å²) in [6, 6.07) is 5.11. The molecule has 0 spiro atoms. The Labute approximate surface area is 162 Å². The maximum atomic E-state index is 11.5. The number of carboxylic acid groups (broad SMARTS) is 1. The first-order valence-electron chi connectivity index (χ1n) is 9.33. The number of halogens is 1. The summed E-state index contributed by atoms with van der Waals surface area (Å²) < 4.78 is 0. The predicted molar refractivity (Wildman–Crippen MR) is 104 cm³/mol. The van der Waals surface area contributed by atoms with Gasteiger partial charge in [-0.25, -0.2) is 9.78 Å². The van der Waals surface area contributed by atoms with Crippen LogP contribution in [0.4, 0.5) is 0 Å². The van der Waals surface area contributed by atoms with E-state index in [9.17, 15) is 9.90 Å². The number of aromatic carboxylic acids is 1. The molecular formula is C20H23ClN2O2S. The molecule has 0 amide bonds. The SMILES string of the molecule is O=C(O)c1cccc(Cl)c1CN1CCC(c2nc3c(s2)CCCC3)CC1. The highest BCUT2D eigenvalue weighted by atomic mass is 35.5. The van der Waals surface area contributed by atoms with Crippen molar-refractivity contribution in [2.75, 3.05) is 13.1 Å². The first-order valence-corrected chi connectivity index (χ1v) is 10.5. The van der Waals surface area contributed by atoms with Crippen molar-refractivity contribution in [3.63, 3.8) is 0 Å². The number of fused-ring (bicyclic) bond motifs is 1. The number of hydrogen-bond acceptors (Lipinski definition) is 4. The number of hydrogen-bond donors (Lipinski definition) is 1. The van der Waals surface area contributed by atoms with Crippen LogP contribution in [0.2, 0.25) is 5.02 Å². The van der Waals surface area contributed by atoms with E-state index in [1.165, 1.54) is 34.8 Å². The van der Waals surface area contributed by atoms with E-state index in [0.717, 1.165) is 37.9 Å². The average Bonchev–Trinajstić information content (AvgIpc) is 3.08. The number of carboxylic acids is 1. The van der Waals surface area contributed by atoms with Gasteiger partial charge in [0.1, 0.15) is 0 Å². The zero-order valence-corrected chi connectivity index (χ0v) is 16.3. The smallest absolute Gasteiger partial charge is 0.336 e. The average molecular weight is 391 g/mol. The quantitative estimate of drug-likeness (QED) is 0.818. The maximum absolute atomic E-state index is 11.5. The number of nitrogens with zero attached hydrogens (tertiary/aromatic N) is 2. The van der Waals surface area contributed by atoms with E-state index in [1.54, 1.807) is 18.2 Å². The van der Waals surface area contributed by atoms with Gasteiger partial charge in [-0.15, -0.1) is 11.3 Å². The molecule has 138 valence electrons. The number of carbonyl (C=O) groups is 1. The molecule has 26 heavy (non-hydrogen) atoms. The fourth-order valence-corrected chi connectivity index (χ4v) is 5.58. The van der Waals surface area contributed by atoms with Crippen LogP contribution in [0.5, 0.6) is 0 Å². The Bertz CT molecular complexity index is 789. The summed E-state index contributed by atoms with van der Waals surface area (Å²) in [6.45, 7) is 2.51. The van der Waals surface area contributed by atoms with Crippen LogP contribution in [0.1, 0.15) is 63.1 Å². The summed E-state index contributed by atoms with van der Waals surface area (Å²) in [5, 5.41) is 11.3. The van der Waals surface area contributed by atoms with Gasteiger partial charge in [0.05, 0.1) is 16.3 Å². The molecule has 1 aliphatic carbocycles. The number of thiazole rings is 1. The standard InChI is InChI=1S/C20H23ClN2O2S/c21-16-5-3-4-14(20(24)25)15(16)12-23-10-8-13(9-11-23)19-22-17-6-1-2-7-18(17)26-19/h3-5,13H,1-2,6-12H2,(H,24,25). The molecule has 2 heterocycles. The molecular weight excluding hydrogens is 368 g/mol. The third-order valence-corrected chi connectivity index (χ3v) is 7.20. The zero-order chi connectivity index (χ0) is 18.1. The Morgan fingerprint density at radius 1 is 1.27 bits per heavy atom. The Hall–Kier alpha value is -1.43. The van der Waals surface area contributed by atoms with Crippen LogP contribution < -0.4 is 0 Å². The van der Waals surface area contributed by atoms with E-state index in [-0.39, 0.29) is 0 Å². The van der Waals surface area contributed by atoms with E-state index in [2.05, 4.69) is 4.90 Å². The van der Waals surface area contributed by atoms with E-state index in [4.69, 9.17) is 16.6 Å². The van der Waals surface area contributed by atoms with Crippen LogP contribution in [0.25, 0.3) is 0 Å². The summed E-state index contributed by atoms with van der Waals surface area (Å²) in [5.41, 5.74) is 2.39. The van der Waals surface area contributed by atoms with E-state index >= 15 is 0 Å². The third kappa shape index (κ3) is 3.66. The van der Waals surface area contributed by atoms with Crippen LogP contribution in [-0.4, -0.2) is 34.0 Å².